The molecule has 7 heteroatoms. The number of nitrogens with zero attached hydrogens (tertiary/aromatic N) is 3. The van der Waals surface area contributed by atoms with Crippen LogP contribution in [0.2, 0.25) is 0 Å². The zero-order chi connectivity index (χ0) is 22.4. The number of methoxy groups -OCH3 is 2. The zero-order valence-corrected chi connectivity index (χ0v) is 19.2. The fourth-order valence-corrected chi connectivity index (χ4v) is 3.86. The number of nitrogens with one attached hydrogen (secondary N) is 1. The van der Waals surface area contributed by atoms with Gasteiger partial charge in [-0.2, -0.15) is 0 Å². The van der Waals surface area contributed by atoms with Gasteiger partial charge in [0.2, 0.25) is 0 Å². The molecule has 0 bridgehead atoms. The number of anilines is 1. The second-order valence-electron chi connectivity index (χ2n) is 8.12. The van der Waals surface area contributed by atoms with Crippen LogP contribution in [0.25, 0.3) is 0 Å². The molecule has 0 saturated carbocycles. The van der Waals surface area contributed by atoms with Crippen molar-refractivity contribution >= 4 is 11.6 Å². The van der Waals surface area contributed by atoms with Crippen LogP contribution in [0.4, 0.5) is 5.69 Å². The lowest BCUT2D eigenvalue weighted by atomic mass is 10.0. The number of piperazine rings is 1. The molecule has 1 fully saturated rings. The smallest absolute Gasteiger partial charge is 0.255 e. The first-order valence-corrected chi connectivity index (χ1v) is 10.6. The van der Waals surface area contributed by atoms with Crippen LogP contribution in [0.5, 0.6) is 11.5 Å². The van der Waals surface area contributed by atoms with Crippen molar-refractivity contribution in [2.45, 2.75) is 6.04 Å². The van der Waals surface area contributed by atoms with Crippen LogP contribution >= 0.6 is 0 Å². The minimum Gasteiger partial charge on any atom is -0.497 e. The largest absolute Gasteiger partial charge is 0.497 e. The van der Waals surface area contributed by atoms with E-state index in [2.05, 4.69) is 51.3 Å². The Labute approximate surface area is 185 Å². The summed E-state index contributed by atoms with van der Waals surface area (Å²) in [7, 11) is 9.38. The molecule has 1 aliphatic rings. The van der Waals surface area contributed by atoms with E-state index in [1.54, 1.807) is 32.4 Å². The number of likely N-dealkylation sites (N-methyl/N-ethyl adjacent to an activating group) is 1. The molecular weight excluding hydrogens is 392 g/mol. The molecule has 0 aliphatic carbocycles. The third kappa shape index (κ3) is 5.68. The fraction of sp³-hybridized carbons (Fsp3) is 0.458. The molecule has 31 heavy (non-hydrogen) atoms. The van der Waals surface area contributed by atoms with Gasteiger partial charge in [0, 0.05) is 58.6 Å². The van der Waals surface area contributed by atoms with Gasteiger partial charge in [0.1, 0.15) is 11.5 Å². The van der Waals surface area contributed by atoms with Gasteiger partial charge in [0.25, 0.3) is 5.91 Å². The summed E-state index contributed by atoms with van der Waals surface area (Å²) in [6.07, 6.45) is 0. The average molecular weight is 427 g/mol. The molecule has 0 unspecified atom stereocenters. The molecule has 1 heterocycles. The highest BCUT2D eigenvalue weighted by Gasteiger charge is 2.25. The third-order valence-corrected chi connectivity index (χ3v) is 5.88. The Morgan fingerprint density at radius 3 is 2.29 bits per heavy atom. The molecule has 1 amide bonds. The van der Waals surface area contributed by atoms with Gasteiger partial charge in [-0.3, -0.25) is 9.69 Å². The lowest BCUT2D eigenvalue weighted by Gasteiger charge is -2.38. The van der Waals surface area contributed by atoms with E-state index in [0.29, 0.717) is 23.6 Å². The summed E-state index contributed by atoms with van der Waals surface area (Å²) in [4.78, 5) is 19.9. The summed E-state index contributed by atoms with van der Waals surface area (Å²) < 4.78 is 10.6. The Kier molecular flexibility index (Phi) is 7.76. The van der Waals surface area contributed by atoms with Crippen LogP contribution in [-0.4, -0.2) is 83.8 Å². The van der Waals surface area contributed by atoms with E-state index < -0.39 is 0 Å². The van der Waals surface area contributed by atoms with Gasteiger partial charge >= 0.3 is 0 Å². The number of hydrogen-bond acceptors (Lipinski definition) is 6. The van der Waals surface area contributed by atoms with Crippen molar-refractivity contribution in [3.05, 3.63) is 53.6 Å². The first-order valence-electron chi connectivity index (χ1n) is 10.6. The van der Waals surface area contributed by atoms with Crippen LogP contribution in [0.15, 0.2) is 42.5 Å². The standard InChI is InChI=1S/C24H34N4O3/c1-26(2)19-8-6-18(7-9-19)22(28-14-12-27(3)13-15-28)17-25-24(29)21-11-10-20(30-4)16-23(21)31-5/h6-11,16,22H,12-15,17H2,1-5H3,(H,25,29)/t22-/m1/s1. The molecule has 0 radical (unpaired) electrons. The molecule has 1 saturated heterocycles. The lowest BCUT2D eigenvalue weighted by molar-refractivity contribution is 0.0883. The number of amides is 1. The molecule has 0 spiro atoms. The fourth-order valence-electron chi connectivity index (χ4n) is 3.86. The van der Waals surface area contributed by atoms with Gasteiger partial charge in [-0.15, -0.1) is 0 Å². The number of carbonyl (C=O) groups is 1. The molecule has 1 N–H and O–H groups in total. The Morgan fingerprint density at radius 1 is 1.03 bits per heavy atom. The van der Waals surface area contributed by atoms with Gasteiger partial charge in [-0.1, -0.05) is 12.1 Å². The summed E-state index contributed by atoms with van der Waals surface area (Å²) in [6.45, 7) is 4.51. The minimum atomic E-state index is -0.149. The predicted octanol–water partition coefficient (Wildman–Crippen LogP) is 2.49. The summed E-state index contributed by atoms with van der Waals surface area (Å²) in [6, 6.07) is 13.9. The summed E-state index contributed by atoms with van der Waals surface area (Å²) in [5.74, 6) is 1.01. The highest BCUT2D eigenvalue weighted by atomic mass is 16.5. The van der Waals surface area contributed by atoms with Crippen molar-refractivity contribution in [3.8, 4) is 11.5 Å². The van der Waals surface area contributed by atoms with Crippen LogP contribution in [0, 0.1) is 0 Å². The van der Waals surface area contributed by atoms with Crippen molar-refractivity contribution in [2.24, 2.45) is 0 Å². The molecule has 0 aromatic heterocycles. The van der Waals surface area contributed by atoms with Crippen molar-refractivity contribution in [1.29, 1.82) is 0 Å². The highest BCUT2D eigenvalue weighted by molar-refractivity contribution is 5.97. The first kappa shape index (κ1) is 22.9. The number of carbonyl (C=O) groups excluding carboxylic acids is 1. The SMILES string of the molecule is COc1ccc(C(=O)NC[C@H](c2ccc(N(C)C)cc2)N2CCN(C)CC2)c(OC)c1. The van der Waals surface area contributed by atoms with Crippen molar-refractivity contribution in [3.63, 3.8) is 0 Å². The van der Waals surface area contributed by atoms with Gasteiger partial charge in [0.05, 0.1) is 25.8 Å². The topological polar surface area (TPSA) is 57.3 Å². The molecular formula is C24H34N4O3. The van der Waals surface area contributed by atoms with E-state index in [1.165, 1.54) is 5.56 Å². The number of rotatable bonds is 8. The molecule has 3 rings (SSSR count). The Morgan fingerprint density at radius 2 is 1.71 bits per heavy atom. The Balaban J connectivity index is 1.77. The second-order valence-corrected chi connectivity index (χ2v) is 8.12. The minimum absolute atomic E-state index is 0.109. The van der Waals surface area contributed by atoms with Gasteiger partial charge in [-0.05, 0) is 36.9 Å². The molecule has 1 atom stereocenters. The number of ether oxygens (including phenoxy) is 2. The van der Waals surface area contributed by atoms with Gasteiger partial charge in [0.15, 0.2) is 0 Å². The van der Waals surface area contributed by atoms with E-state index in [-0.39, 0.29) is 11.9 Å². The number of benzene rings is 2. The highest BCUT2D eigenvalue weighted by Crippen LogP contribution is 2.26. The normalized spacial score (nSPS) is 15.9. The maximum absolute atomic E-state index is 13.0. The van der Waals surface area contributed by atoms with E-state index >= 15 is 0 Å². The summed E-state index contributed by atoms with van der Waals surface area (Å²) in [5, 5.41) is 3.13. The number of hydrogen-bond donors (Lipinski definition) is 1. The van der Waals surface area contributed by atoms with Crippen molar-refractivity contribution in [2.75, 3.05) is 73.0 Å². The summed E-state index contributed by atoms with van der Waals surface area (Å²) in [5.41, 5.74) is 2.87. The van der Waals surface area contributed by atoms with Crippen LogP contribution in [0.3, 0.4) is 0 Å². The molecule has 1 aliphatic heterocycles. The van der Waals surface area contributed by atoms with Gasteiger partial charge in [-0.25, -0.2) is 0 Å². The van der Waals surface area contributed by atoms with E-state index in [9.17, 15) is 4.79 Å². The quantitative estimate of drug-likeness (QED) is 0.700. The van der Waals surface area contributed by atoms with Crippen molar-refractivity contribution in [1.82, 2.24) is 15.1 Å². The van der Waals surface area contributed by atoms with Crippen LogP contribution < -0.4 is 19.7 Å². The Hall–Kier alpha value is -2.77. The molecule has 168 valence electrons. The third-order valence-electron chi connectivity index (χ3n) is 5.88. The maximum atomic E-state index is 13.0. The van der Waals surface area contributed by atoms with Crippen LogP contribution in [-0.2, 0) is 0 Å². The second kappa shape index (κ2) is 10.5. The molecule has 2 aromatic carbocycles. The van der Waals surface area contributed by atoms with Crippen molar-refractivity contribution < 1.29 is 14.3 Å². The van der Waals surface area contributed by atoms with Gasteiger partial charge < -0.3 is 24.6 Å². The van der Waals surface area contributed by atoms with E-state index in [1.807, 2.05) is 14.1 Å². The predicted molar refractivity (Wildman–Crippen MR) is 124 cm³/mol. The van der Waals surface area contributed by atoms with E-state index in [0.717, 1.165) is 31.9 Å². The lowest BCUT2D eigenvalue weighted by Crippen LogP contribution is -2.48. The maximum Gasteiger partial charge on any atom is 0.255 e. The Bertz CT molecular complexity index is 862. The first-order chi connectivity index (χ1) is 14.9. The molecule has 2 aromatic rings. The zero-order valence-electron chi connectivity index (χ0n) is 19.2. The monoisotopic (exact) mass is 426 g/mol. The molecule has 7 nitrogen and oxygen atoms in total. The van der Waals surface area contributed by atoms with Crippen LogP contribution in [0.1, 0.15) is 22.0 Å². The average Bonchev–Trinajstić information content (AvgIpc) is 2.80. The summed E-state index contributed by atoms with van der Waals surface area (Å²) >= 11 is 0. The van der Waals surface area contributed by atoms with E-state index in [4.69, 9.17) is 9.47 Å².